The summed E-state index contributed by atoms with van der Waals surface area (Å²) in [6.45, 7) is 4.23. The summed E-state index contributed by atoms with van der Waals surface area (Å²) in [5.74, 6) is 1.01. The SMILES string of the molecule is CCCCc1c(C)c(C#N)c2nc3ccccc3n2c1Nc1ccccc1. The number of anilines is 2. The van der Waals surface area contributed by atoms with Crippen molar-refractivity contribution in [3.8, 4) is 6.07 Å². The van der Waals surface area contributed by atoms with Crippen LogP contribution in [0.15, 0.2) is 54.6 Å². The normalized spacial score (nSPS) is 11.0. The number of nitriles is 1. The van der Waals surface area contributed by atoms with Crippen LogP contribution in [-0.2, 0) is 6.42 Å². The van der Waals surface area contributed by atoms with E-state index in [2.05, 4.69) is 40.9 Å². The Bertz CT molecular complexity index is 1150. The van der Waals surface area contributed by atoms with Gasteiger partial charge in [-0.2, -0.15) is 5.26 Å². The van der Waals surface area contributed by atoms with E-state index in [9.17, 15) is 5.26 Å². The standard InChI is InChI=1S/C23H22N4/c1-3-4-12-18-16(2)19(15-24)23-26-20-13-8-9-14-21(20)27(23)22(18)25-17-10-6-5-7-11-17/h5-11,13-14,25H,3-4,12H2,1-2H3. The number of fused-ring (bicyclic) bond motifs is 3. The van der Waals surface area contributed by atoms with Crippen LogP contribution in [0.25, 0.3) is 16.7 Å². The van der Waals surface area contributed by atoms with Crippen LogP contribution >= 0.6 is 0 Å². The molecule has 0 saturated carbocycles. The van der Waals surface area contributed by atoms with E-state index in [0.717, 1.165) is 53.0 Å². The lowest BCUT2D eigenvalue weighted by molar-refractivity contribution is 0.788. The predicted molar refractivity (Wildman–Crippen MR) is 110 cm³/mol. The lowest BCUT2D eigenvalue weighted by atomic mass is 9.99. The molecule has 2 heterocycles. The molecular weight excluding hydrogens is 332 g/mol. The van der Waals surface area contributed by atoms with Gasteiger partial charge in [0.2, 0.25) is 0 Å². The molecule has 4 aromatic rings. The van der Waals surface area contributed by atoms with Crippen molar-refractivity contribution in [1.29, 1.82) is 5.26 Å². The second kappa shape index (κ2) is 7.13. The van der Waals surface area contributed by atoms with Crippen LogP contribution in [0, 0.1) is 18.3 Å². The van der Waals surface area contributed by atoms with Crippen LogP contribution in [0.1, 0.15) is 36.5 Å². The van der Waals surface area contributed by atoms with E-state index in [-0.39, 0.29) is 0 Å². The summed E-state index contributed by atoms with van der Waals surface area (Å²) in [6, 6.07) is 20.6. The van der Waals surface area contributed by atoms with Crippen LogP contribution in [0.2, 0.25) is 0 Å². The number of benzene rings is 2. The first-order valence-corrected chi connectivity index (χ1v) is 9.39. The summed E-state index contributed by atoms with van der Waals surface area (Å²) < 4.78 is 2.11. The van der Waals surface area contributed by atoms with Crippen LogP contribution in [0.5, 0.6) is 0 Å². The summed E-state index contributed by atoms with van der Waals surface area (Å²) in [4.78, 5) is 4.77. The topological polar surface area (TPSA) is 53.1 Å². The van der Waals surface area contributed by atoms with Gasteiger partial charge in [0.25, 0.3) is 0 Å². The van der Waals surface area contributed by atoms with Crippen molar-refractivity contribution < 1.29 is 0 Å². The lowest BCUT2D eigenvalue weighted by Gasteiger charge is -2.19. The number of hydrogen-bond donors (Lipinski definition) is 1. The Morgan fingerprint density at radius 1 is 1.07 bits per heavy atom. The molecule has 0 fully saturated rings. The van der Waals surface area contributed by atoms with Crippen molar-refractivity contribution in [1.82, 2.24) is 9.38 Å². The third kappa shape index (κ3) is 2.92. The molecule has 2 aromatic heterocycles. The van der Waals surface area contributed by atoms with Crippen molar-refractivity contribution >= 4 is 28.2 Å². The Labute approximate surface area is 159 Å². The van der Waals surface area contributed by atoms with Gasteiger partial charge >= 0.3 is 0 Å². The molecule has 0 unspecified atom stereocenters. The highest BCUT2D eigenvalue weighted by Crippen LogP contribution is 2.33. The number of imidazole rings is 1. The maximum Gasteiger partial charge on any atom is 0.157 e. The van der Waals surface area contributed by atoms with Gasteiger partial charge in [-0.05, 0) is 55.2 Å². The number of nitrogens with one attached hydrogen (secondary N) is 1. The number of para-hydroxylation sites is 3. The molecule has 1 N–H and O–H groups in total. The van der Waals surface area contributed by atoms with E-state index in [4.69, 9.17) is 4.98 Å². The molecule has 2 aromatic carbocycles. The molecule has 134 valence electrons. The second-order valence-electron chi connectivity index (χ2n) is 6.79. The quantitative estimate of drug-likeness (QED) is 0.496. The van der Waals surface area contributed by atoms with Crippen LogP contribution in [-0.4, -0.2) is 9.38 Å². The molecule has 0 bridgehead atoms. The molecule has 4 nitrogen and oxygen atoms in total. The summed E-state index contributed by atoms with van der Waals surface area (Å²) >= 11 is 0. The highest BCUT2D eigenvalue weighted by molar-refractivity contribution is 5.87. The Morgan fingerprint density at radius 2 is 1.81 bits per heavy atom. The van der Waals surface area contributed by atoms with Crippen LogP contribution in [0.4, 0.5) is 11.5 Å². The van der Waals surface area contributed by atoms with E-state index in [1.807, 2.05) is 43.3 Å². The highest BCUT2D eigenvalue weighted by atomic mass is 15.1. The molecule has 0 radical (unpaired) electrons. The minimum Gasteiger partial charge on any atom is -0.341 e. The van der Waals surface area contributed by atoms with Gasteiger partial charge in [0, 0.05) is 5.69 Å². The van der Waals surface area contributed by atoms with Crippen molar-refractivity contribution in [2.45, 2.75) is 33.1 Å². The number of unbranched alkanes of at least 4 members (excludes halogenated alkanes) is 1. The molecule has 0 spiro atoms. The fourth-order valence-corrected chi connectivity index (χ4v) is 3.63. The van der Waals surface area contributed by atoms with Gasteiger partial charge in [-0.15, -0.1) is 0 Å². The van der Waals surface area contributed by atoms with Gasteiger partial charge in [-0.3, -0.25) is 4.40 Å². The Hall–Kier alpha value is -3.32. The van der Waals surface area contributed by atoms with Gasteiger partial charge in [0.15, 0.2) is 5.65 Å². The second-order valence-corrected chi connectivity index (χ2v) is 6.79. The average molecular weight is 354 g/mol. The first-order chi connectivity index (χ1) is 13.2. The number of aromatic nitrogens is 2. The van der Waals surface area contributed by atoms with E-state index in [0.29, 0.717) is 5.56 Å². The number of hydrogen-bond acceptors (Lipinski definition) is 3. The summed E-state index contributed by atoms with van der Waals surface area (Å²) in [5, 5.41) is 13.5. The van der Waals surface area contributed by atoms with Crippen molar-refractivity contribution in [2.24, 2.45) is 0 Å². The largest absolute Gasteiger partial charge is 0.341 e. The first kappa shape index (κ1) is 17.1. The fraction of sp³-hybridized carbons (Fsp3) is 0.217. The molecule has 0 amide bonds. The average Bonchev–Trinajstić information content (AvgIpc) is 3.08. The third-order valence-electron chi connectivity index (χ3n) is 5.05. The molecule has 0 aliphatic heterocycles. The van der Waals surface area contributed by atoms with Gasteiger partial charge in [-0.1, -0.05) is 43.7 Å². The van der Waals surface area contributed by atoms with Crippen LogP contribution in [0.3, 0.4) is 0 Å². The monoisotopic (exact) mass is 354 g/mol. The molecule has 27 heavy (non-hydrogen) atoms. The number of pyridine rings is 1. The van der Waals surface area contributed by atoms with E-state index in [1.165, 1.54) is 5.56 Å². The Morgan fingerprint density at radius 3 is 2.56 bits per heavy atom. The zero-order valence-electron chi connectivity index (χ0n) is 15.7. The number of rotatable bonds is 5. The van der Waals surface area contributed by atoms with E-state index in [1.54, 1.807) is 0 Å². The maximum absolute atomic E-state index is 9.85. The van der Waals surface area contributed by atoms with Gasteiger partial charge < -0.3 is 5.32 Å². The molecule has 4 rings (SSSR count). The predicted octanol–water partition coefficient (Wildman–Crippen LogP) is 5.75. The minimum absolute atomic E-state index is 0.663. The van der Waals surface area contributed by atoms with Gasteiger partial charge in [0.05, 0.1) is 16.6 Å². The Balaban J connectivity index is 2.08. The van der Waals surface area contributed by atoms with Crippen molar-refractivity contribution in [3.63, 3.8) is 0 Å². The van der Waals surface area contributed by atoms with Crippen molar-refractivity contribution in [2.75, 3.05) is 5.32 Å². The molecule has 0 aliphatic carbocycles. The molecular formula is C23H22N4. The summed E-state index contributed by atoms with van der Waals surface area (Å²) in [6.07, 6.45) is 3.11. The first-order valence-electron chi connectivity index (χ1n) is 9.39. The lowest BCUT2D eigenvalue weighted by Crippen LogP contribution is -2.08. The molecule has 0 saturated heterocycles. The maximum atomic E-state index is 9.85. The number of nitrogens with zero attached hydrogens (tertiary/aromatic N) is 3. The van der Waals surface area contributed by atoms with E-state index >= 15 is 0 Å². The smallest absolute Gasteiger partial charge is 0.157 e. The summed E-state index contributed by atoms with van der Waals surface area (Å²) in [5.41, 5.74) is 6.53. The zero-order valence-corrected chi connectivity index (χ0v) is 15.7. The van der Waals surface area contributed by atoms with Crippen LogP contribution < -0.4 is 5.32 Å². The van der Waals surface area contributed by atoms with Gasteiger partial charge in [0.1, 0.15) is 11.9 Å². The minimum atomic E-state index is 0.663. The van der Waals surface area contributed by atoms with Crippen molar-refractivity contribution in [3.05, 3.63) is 71.3 Å². The zero-order chi connectivity index (χ0) is 18.8. The molecule has 0 aliphatic rings. The van der Waals surface area contributed by atoms with Gasteiger partial charge in [-0.25, -0.2) is 4.98 Å². The fourth-order valence-electron chi connectivity index (χ4n) is 3.63. The van der Waals surface area contributed by atoms with E-state index < -0.39 is 0 Å². The third-order valence-corrected chi connectivity index (χ3v) is 5.05. The highest BCUT2D eigenvalue weighted by Gasteiger charge is 2.20. The Kier molecular flexibility index (Phi) is 4.52. The molecule has 4 heteroatoms. The summed E-state index contributed by atoms with van der Waals surface area (Å²) in [7, 11) is 0. The molecule has 0 atom stereocenters.